The third-order valence-corrected chi connectivity index (χ3v) is 4.50. The van der Waals surface area contributed by atoms with Gasteiger partial charge in [0.05, 0.1) is 6.04 Å². The van der Waals surface area contributed by atoms with Gasteiger partial charge in [-0.2, -0.15) is 4.72 Å². The lowest BCUT2D eigenvalue weighted by molar-refractivity contribution is 0.0690. The Morgan fingerprint density at radius 1 is 1.53 bits per heavy atom. The molecule has 19 heavy (non-hydrogen) atoms. The minimum Gasteiger partial charge on any atom is -0.477 e. The highest BCUT2D eigenvalue weighted by Gasteiger charge is 2.27. The average molecular weight is 284 g/mol. The van der Waals surface area contributed by atoms with Crippen LogP contribution in [-0.2, 0) is 10.0 Å². The maximum Gasteiger partial charge on any atom is 0.352 e. The van der Waals surface area contributed by atoms with Crippen molar-refractivity contribution in [3.63, 3.8) is 0 Å². The quantitative estimate of drug-likeness (QED) is 0.703. The molecule has 0 fully saturated rings. The third-order valence-electron chi connectivity index (χ3n) is 2.76. The van der Waals surface area contributed by atoms with Crippen molar-refractivity contribution in [3.05, 3.63) is 17.0 Å². The molecule has 0 aliphatic rings. The van der Waals surface area contributed by atoms with E-state index in [1.165, 1.54) is 13.8 Å². The second-order valence-electron chi connectivity index (χ2n) is 4.13. The number of rotatable bonds is 5. The van der Waals surface area contributed by atoms with Gasteiger partial charge in [0.1, 0.15) is 10.6 Å². The van der Waals surface area contributed by atoms with Crippen molar-refractivity contribution in [2.75, 3.05) is 0 Å². The molecule has 1 rings (SSSR count). The highest BCUT2D eigenvalue weighted by atomic mass is 32.2. The summed E-state index contributed by atoms with van der Waals surface area (Å²) < 4.78 is 26.8. The molecule has 1 atom stereocenters. The van der Waals surface area contributed by atoms with Crippen molar-refractivity contribution < 1.29 is 18.3 Å². The van der Waals surface area contributed by atoms with Crippen LogP contribution in [0, 0.1) is 26.2 Å². The molecule has 1 aromatic heterocycles. The van der Waals surface area contributed by atoms with Crippen LogP contribution in [0.5, 0.6) is 0 Å². The van der Waals surface area contributed by atoms with Gasteiger partial charge in [-0.25, -0.2) is 13.2 Å². The molecule has 0 aromatic carbocycles. The Kier molecular flexibility index (Phi) is 4.39. The Balaban J connectivity index is 3.31. The Morgan fingerprint density at radius 2 is 2.11 bits per heavy atom. The summed E-state index contributed by atoms with van der Waals surface area (Å²) in [7, 11) is -3.84. The fourth-order valence-corrected chi connectivity index (χ4v) is 3.52. The summed E-state index contributed by atoms with van der Waals surface area (Å²) in [5.74, 6) is 1.13. The highest BCUT2D eigenvalue weighted by Crippen LogP contribution is 2.23. The van der Waals surface area contributed by atoms with Crippen molar-refractivity contribution in [2.24, 2.45) is 0 Å². The number of carbonyl (C=O) groups is 1. The van der Waals surface area contributed by atoms with Gasteiger partial charge in [-0.15, -0.1) is 6.42 Å². The second kappa shape index (κ2) is 5.47. The number of hydrogen-bond donors (Lipinski definition) is 3. The zero-order valence-electron chi connectivity index (χ0n) is 10.9. The molecule has 3 N–H and O–H groups in total. The molecule has 104 valence electrons. The van der Waals surface area contributed by atoms with Crippen LogP contribution in [-0.4, -0.2) is 30.5 Å². The van der Waals surface area contributed by atoms with E-state index < -0.39 is 22.0 Å². The largest absolute Gasteiger partial charge is 0.477 e. The van der Waals surface area contributed by atoms with E-state index in [1.807, 2.05) is 0 Å². The number of carboxylic acid groups (broad SMARTS) is 1. The maximum atomic E-state index is 12.2. The number of carboxylic acids is 1. The molecule has 0 saturated carbocycles. The summed E-state index contributed by atoms with van der Waals surface area (Å²) in [6.07, 6.45) is 5.67. The van der Waals surface area contributed by atoms with Gasteiger partial charge in [0.2, 0.25) is 10.0 Å². The van der Waals surface area contributed by atoms with E-state index in [1.54, 1.807) is 6.92 Å². The molecule has 0 spiro atoms. The first kappa shape index (κ1) is 15.3. The number of hydrogen-bond acceptors (Lipinski definition) is 3. The minimum atomic E-state index is -3.84. The van der Waals surface area contributed by atoms with Crippen LogP contribution in [0.25, 0.3) is 0 Å². The monoisotopic (exact) mass is 284 g/mol. The lowest BCUT2D eigenvalue weighted by Gasteiger charge is -2.12. The smallest absolute Gasteiger partial charge is 0.352 e. The zero-order chi connectivity index (χ0) is 14.8. The van der Waals surface area contributed by atoms with Gasteiger partial charge >= 0.3 is 5.97 Å². The molecule has 0 bridgehead atoms. The summed E-state index contributed by atoms with van der Waals surface area (Å²) in [6, 6.07) is -0.619. The van der Waals surface area contributed by atoms with Gasteiger partial charge < -0.3 is 10.1 Å². The first-order chi connectivity index (χ1) is 8.74. The van der Waals surface area contributed by atoms with E-state index in [9.17, 15) is 13.2 Å². The Hall–Kier alpha value is -1.78. The lowest BCUT2D eigenvalue weighted by atomic mass is 10.2. The molecule has 1 unspecified atom stereocenters. The summed E-state index contributed by atoms with van der Waals surface area (Å²) >= 11 is 0. The topological polar surface area (TPSA) is 99.3 Å². The molecule has 0 saturated heterocycles. The number of aryl methyl sites for hydroxylation is 1. The van der Waals surface area contributed by atoms with Gasteiger partial charge in [0.25, 0.3) is 0 Å². The Labute approximate surface area is 112 Å². The SMILES string of the molecule is C#CC(CC)NS(=O)(=O)c1c(C)[nH]c(C(=O)O)c1C. The van der Waals surface area contributed by atoms with Crippen LogP contribution >= 0.6 is 0 Å². The van der Waals surface area contributed by atoms with Crippen molar-refractivity contribution in [2.45, 2.75) is 38.1 Å². The van der Waals surface area contributed by atoms with Crippen LogP contribution in [0.2, 0.25) is 0 Å². The number of H-pyrrole nitrogens is 1. The molecule has 0 radical (unpaired) electrons. The Morgan fingerprint density at radius 3 is 2.47 bits per heavy atom. The predicted molar refractivity (Wildman–Crippen MR) is 70.5 cm³/mol. The summed E-state index contributed by atoms with van der Waals surface area (Å²) in [4.78, 5) is 13.5. The summed E-state index contributed by atoms with van der Waals surface area (Å²) in [5, 5.41) is 8.96. The second-order valence-corrected chi connectivity index (χ2v) is 5.78. The molecule has 1 heterocycles. The van der Waals surface area contributed by atoms with Gasteiger partial charge in [0, 0.05) is 11.3 Å². The van der Waals surface area contributed by atoms with Crippen LogP contribution in [0.1, 0.15) is 35.1 Å². The van der Waals surface area contributed by atoms with Crippen LogP contribution in [0.4, 0.5) is 0 Å². The van der Waals surface area contributed by atoms with Gasteiger partial charge in [0.15, 0.2) is 0 Å². The number of aromatic amines is 1. The zero-order valence-corrected chi connectivity index (χ0v) is 11.8. The van der Waals surface area contributed by atoms with Crippen molar-refractivity contribution in [1.29, 1.82) is 0 Å². The molecule has 7 heteroatoms. The molecule has 0 amide bonds. The Bertz CT molecular complexity index is 637. The number of sulfonamides is 1. The van der Waals surface area contributed by atoms with Gasteiger partial charge in [-0.1, -0.05) is 12.8 Å². The number of terminal acetylenes is 1. The summed E-state index contributed by atoms with van der Waals surface area (Å²) in [6.45, 7) is 4.70. The first-order valence-corrected chi connectivity index (χ1v) is 7.13. The van der Waals surface area contributed by atoms with Crippen molar-refractivity contribution in [1.82, 2.24) is 9.71 Å². The van der Waals surface area contributed by atoms with Crippen molar-refractivity contribution in [3.8, 4) is 12.3 Å². The van der Waals surface area contributed by atoms with E-state index in [-0.39, 0.29) is 21.8 Å². The lowest BCUT2D eigenvalue weighted by Crippen LogP contribution is -2.33. The van der Waals surface area contributed by atoms with E-state index in [2.05, 4.69) is 15.6 Å². The molecule has 6 nitrogen and oxygen atoms in total. The van der Waals surface area contributed by atoms with Gasteiger partial charge in [-0.05, 0) is 20.3 Å². The molecule has 0 aliphatic heterocycles. The molecule has 0 aliphatic carbocycles. The normalized spacial score (nSPS) is 12.9. The van der Waals surface area contributed by atoms with E-state index in [4.69, 9.17) is 11.5 Å². The summed E-state index contributed by atoms with van der Waals surface area (Å²) in [5.41, 5.74) is 0.310. The fraction of sp³-hybridized carbons (Fsp3) is 0.417. The van der Waals surface area contributed by atoms with Gasteiger partial charge in [-0.3, -0.25) is 0 Å². The maximum absolute atomic E-state index is 12.2. The fourth-order valence-electron chi connectivity index (χ4n) is 1.83. The average Bonchev–Trinajstić information content (AvgIpc) is 2.62. The first-order valence-electron chi connectivity index (χ1n) is 5.65. The molecule has 1 aromatic rings. The van der Waals surface area contributed by atoms with Crippen LogP contribution < -0.4 is 4.72 Å². The predicted octanol–water partition coefficient (Wildman–Crippen LogP) is 1.02. The van der Waals surface area contributed by atoms with Crippen molar-refractivity contribution >= 4 is 16.0 Å². The number of aromatic carboxylic acids is 1. The number of nitrogens with one attached hydrogen (secondary N) is 2. The highest BCUT2D eigenvalue weighted by molar-refractivity contribution is 7.89. The standard InChI is InChI=1S/C12H16N2O4S/c1-5-9(6-2)14-19(17,18)11-7(3)10(12(15)16)13-8(11)4/h1,9,13-14H,6H2,2-4H3,(H,15,16). The third kappa shape index (κ3) is 2.97. The van der Waals surface area contributed by atoms with E-state index in [0.29, 0.717) is 6.42 Å². The van der Waals surface area contributed by atoms with Crippen LogP contribution in [0.15, 0.2) is 4.90 Å². The molecular weight excluding hydrogens is 268 g/mol. The number of aromatic nitrogens is 1. The minimum absolute atomic E-state index is 0.0569. The molecular formula is C12H16N2O4S. The van der Waals surface area contributed by atoms with E-state index >= 15 is 0 Å². The van der Waals surface area contributed by atoms with E-state index in [0.717, 1.165) is 0 Å². The van der Waals surface area contributed by atoms with Crippen LogP contribution in [0.3, 0.4) is 0 Å².